The van der Waals surface area contributed by atoms with Gasteiger partial charge in [-0.05, 0) is 32.2 Å². The lowest BCUT2D eigenvalue weighted by molar-refractivity contribution is -0.137. The maximum atomic E-state index is 13.2. The molecule has 1 aromatic heterocycles. The van der Waals surface area contributed by atoms with Gasteiger partial charge in [-0.2, -0.15) is 13.2 Å². The first-order valence-corrected chi connectivity index (χ1v) is 10.4. The quantitative estimate of drug-likeness (QED) is 0.733. The fourth-order valence-corrected chi connectivity index (χ4v) is 4.40. The van der Waals surface area contributed by atoms with Crippen molar-refractivity contribution in [1.29, 1.82) is 0 Å². The number of piperazine rings is 1. The van der Waals surface area contributed by atoms with Gasteiger partial charge in [-0.3, -0.25) is 4.79 Å². The Balaban J connectivity index is 1.76. The van der Waals surface area contributed by atoms with Gasteiger partial charge in [0, 0.05) is 26.2 Å². The third kappa shape index (κ3) is 5.36. The molecular formula is C17H20F3N5OS2. The van der Waals surface area contributed by atoms with E-state index in [0.29, 0.717) is 23.1 Å². The predicted molar refractivity (Wildman–Crippen MR) is 105 cm³/mol. The Bertz CT molecular complexity index is 834. The van der Waals surface area contributed by atoms with E-state index in [1.807, 2.05) is 18.9 Å². The monoisotopic (exact) mass is 431 g/mol. The van der Waals surface area contributed by atoms with E-state index in [0.717, 1.165) is 30.2 Å². The molecule has 0 aliphatic carbocycles. The van der Waals surface area contributed by atoms with Crippen LogP contribution >= 0.6 is 23.1 Å². The summed E-state index contributed by atoms with van der Waals surface area (Å²) >= 11 is 2.58. The van der Waals surface area contributed by atoms with E-state index in [4.69, 9.17) is 0 Å². The van der Waals surface area contributed by atoms with Crippen LogP contribution in [0.15, 0.2) is 22.5 Å². The molecule has 3 rings (SSSR count). The minimum absolute atomic E-state index is 0.0487. The molecule has 1 aliphatic rings. The first-order chi connectivity index (χ1) is 13.2. The van der Waals surface area contributed by atoms with Gasteiger partial charge in [-0.15, -0.1) is 10.2 Å². The maximum Gasteiger partial charge on any atom is 0.416 e. The van der Waals surface area contributed by atoms with Crippen molar-refractivity contribution >= 4 is 40.4 Å². The zero-order valence-corrected chi connectivity index (χ0v) is 17.0. The molecular weight excluding hydrogens is 411 g/mol. The molecule has 1 aliphatic heterocycles. The number of nitrogens with one attached hydrogen (secondary N) is 1. The summed E-state index contributed by atoms with van der Waals surface area (Å²) in [6, 6.07) is 3.50. The number of aryl methyl sites for hydroxylation is 1. The van der Waals surface area contributed by atoms with Gasteiger partial charge in [-0.25, -0.2) is 0 Å². The van der Waals surface area contributed by atoms with E-state index in [-0.39, 0.29) is 17.3 Å². The number of halogens is 3. The Morgan fingerprint density at radius 1 is 1.25 bits per heavy atom. The van der Waals surface area contributed by atoms with Crippen LogP contribution in [-0.2, 0) is 11.0 Å². The lowest BCUT2D eigenvalue weighted by atomic mass is 10.1. The summed E-state index contributed by atoms with van der Waals surface area (Å²) in [6.45, 7) is 4.79. The highest BCUT2D eigenvalue weighted by molar-refractivity contribution is 8.01. The molecule has 0 saturated carbocycles. The summed E-state index contributed by atoms with van der Waals surface area (Å²) in [5.41, 5.74) is -0.00212. The Kier molecular flexibility index (Phi) is 6.46. The number of hydrogen-bond donors (Lipinski definition) is 1. The number of nitrogens with zero attached hydrogens (tertiary/aromatic N) is 4. The third-order valence-electron chi connectivity index (χ3n) is 4.28. The zero-order chi connectivity index (χ0) is 20.3. The van der Waals surface area contributed by atoms with Crippen molar-refractivity contribution in [1.82, 2.24) is 15.1 Å². The molecule has 1 amide bonds. The highest BCUT2D eigenvalue weighted by atomic mass is 32.2. The van der Waals surface area contributed by atoms with Crippen molar-refractivity contribution in [3.05, 3.63) is 28.8 Å². The minimum Gasteiger partial charge on any atom is -0.367 e. The van der Waals surface area contributed by atoms with Gasteiger partial charge in [0.2, 0.25) is 5.91 Å². The van der Waals surface area contributed by atoms with Crippen molar-refractivity contribution in [3.8, 4) is 0 Å². The van der Waals surface area contributed by atoms with Crippen LogP contribution in [0.3, 0.4) is 0 Å². The number of hydrogen-bond acceptors (Lipinski definition) is 7. The lowest BCUT2D eigenvalue weighted by Gasteiger charge is -2.35. The molecule has 0 atom stereocenters. The molecule has 2 aromatic rings. The predicted octanol–water partition coefficient (Wildman–Crippen LogP) is 3.35. The highest BCUT2D eigenvalue weighted by Gasteiger charge is 2.32. The fraction of sp³-hybridized carbons (Fsp3) is 0.471. The van der Waals surface area contributed by atoms with Crippen LogP contribution in [0, 0.1) is 6.92 Å². The second-order valence-electron chi connectivity index (χ2n) is 6.44. The van der Waals surface area contributed by atoms with E-state index < -0.39 is 11.7 Å². The number of thioether (sulfide) groups is 1. The number of alkyl halides is 3. The van der Waals surface area contributed by atoms with Gasteiger partial charge in [0.1, 0.15) is 5.01 Å². The Morgan fingerprint density at radius 2 is 1.96 bits per heavy atom. The summed E-state index contributed by atoms with van der Waals surface area (Å²) < 4.78 is 40.1. The van der Waals surface area contributed by atoms with Gasteiger partial charge >= 0.3 is 6.18 Å². The van der Waals surface area contributed by atoms with Gasteiger partial charge < -0.3 is 15.1 Å². The van der Waals surface area contributed by atoms with Gasteiger partial charge in [0.25, 0.3) is 0 Å². The normalized spacial score (nSPS) is 15.7. The van der Waals surface area contributed by atoms with Crippen molar-refractivity contribution < 1.29 is 18.0 Å². The molecule has 1 saturated heterocycles. The second-order valence-corrected chi connectivity index (χ2v) is 8.85. The van der Waals surface area contributed by atoms with E-state index in [9.17, 15) is 18.0 Å². The SMILES string of the molecule is Cc1nnc(SCC(=O)Nc2cc(C(F)(F)F)ccc2N2CCN(C)CC2)s1. The van der Waals surface area contributed by atoms with Crippen molar-refractivity contribution in [2.45, 2.75) is 17.4 Å². The van der Waals surface area contributed by atoms with Crippen LogP contribution in [0.2, 0.25) is 0 Å². The third-order valence-corrected chi connectivity index (χ3v) is 6.25. The number of rotatable bonds is 5. The van der Waals surface area contributed by atoms with Crippen molar-refractivity contribution in [2.24, 2.45) is 0 Å². The Morgan fingerprint density at radius 3 is 2.57 bits per heavy atom. The lowest BCUT2D eigenvalue weighted by Crippen LogP contribution is -2.44. The van der Waals surface area contributed by atoms with Gasteiger partial charge in [0.15, 0.2) is 4.34 Å². The molecule has 1 N–H and O–H groups in total. The summed E-state index contributed by atoms with van der Waals surface area (Å²) in [6.07, 6.45) is -4.47. The molecule has 0 radical (unpaired) electrons. The topological polar surface area (TPSA) is 61.4 Å². The van der Waals surface area contributed by atoms with Crippen molar-refractivity contribution in [2.75, 3.05) is 49.2 Å². The van der Waals surface area contributed by atoms with Gasteiger partial charge in [-0.1, -0.05) is 23.1 Å². The van der Waals surface area contributed by atoms with Gasteiger partial charge in [0.05, 0.1) is 22.7 Å². The maximum absolute atomic E-state index is 13.2. The summed E-state index contributed by atoms with van der Waals surface area (Å²) in [4.78, 5) is 16.5. The minimum atomic E-state index is -4.47. The molecule has 1 fully saturated rings. The molecule has 2 heterocycles. The Hall–Kier alpha value is -1.85. The van der Waals surface area contributed by atoms with Crippen LogP contribution in [0.25, 0.3) is 0 Å². The summed E-state index contributed by atoms with van der Waals surface area (Å²) in [7, 11) is 2.00. The molecule has 0 bridgehead atoms. The van der Waals surface area contributed by atoms with Crippen LogP contribution in [0.1, 0.15) is 10.6 Å². The standard InChI is InChI=1S/C17H20F3N5OS2/c1-11-22-23-16(28-11)27-10-15(26)21-13-9-12(17(18,19)20)3-4-14(13)25-7-5-24(2)6-8-25/h3-4,9H,5-8,10H2,1-2H3,(H,21,26). The molecule has 152 valence electrons. The van der Waals surface area contributed by atoms with E-state index in [2.05, 4.69) is 20.4 Å². The largest absolute Gasteiger partial charge is 0.416 e. The molecule has 11 heteroatoms. The molecule has 0 unspecified atom stereocenters. The van der Waals surface area contributed by atoms with Crippen LogP contribution in [0.5, 0.6) is 0 Å². The molecule has 1 aromatic carbocycles. The number of anilines is 2. The average molecular weight is 432 g/mol. The first kappa shape index (κ1) is 20.9. The average Bonchev–Trinajstić information content (AvgIpc) is 3.05. The first-order valence-electron chi connectivity index (χ1n) is 8.60. The summed E-state index contributed by atoms with van der Waals surface area (Å²) in [5, 5.41) is 11.2. The van der Waals surface area contributed by atoms with E-state index >= 15 is 0 Å². The number of carbonyl (C=O) groups excluding carboxylic acids is 1. The number of likely N-dealkylation sites (N-methyl/N-ethyl adjacent to an activating group) is 1. The second kappa shape index (κ2) is 8.66. The Labute approximate surface area is 169 Å². The van der Waals surface area contributed by atoms with E-state index in [1.165, 1.54) is 29.2 Å². The summed E-state index contributed by atoms with van der Waals surface area (Å²) in [5.74, 6) is -0.333. The number of carbonyl (C=O) groups is 1. The molecule has 28 heavy (non-hydrogen) atoms. The fourth-order valence-electron chi connectivity index (χ4n) is 2.79. The van der Waals surface area contributed by atoms with Crippen LogP contribution < -0.4 is 10.2 Å². The molecule has 0 spiro atoms. The van der Waals surface area contributed by atoms with Crippen molar-refractivity contribution in [3.63, 3.8) is 0 Å². The number of amides is 1. The van der Waals surface area contributed by atoms with Crippen LogP contribution in [-0.4, -0.2) is 60.0 Å². The number of benzene rings is 1. The molecule has 6 nitrogen and oxygen atoms in total. The van der Waals surface area contributed by atoms with E-state index in [1.54, 1.807) is 0 Å². The smallest absolute Gasteiger partial charge is 0.367 e. The zero-order valence-electron chi connectivity index (χ0n) is 15.4. The highest BCUT2D eigenvalue weighted by Crippen LogP contribution is 2.36. The number of aromatic nitrogens is 2. The van der Waals surface area contributed by atoms with Crippen LogP contribution in [0.4, 0.5) is 24.5 Å².